The van der Waals surface area contributed by atoms with Crippen molar-refractivity contribution in [2.24, 2.45) is 0 Å². The van der Waals surface area contributed by atoms with E-state index in [1.165, 1.54) is 55.3 Å². The van der Waals surface area contributed by atoms with Crippen LogP contribution in [0, 0.1) is 0 Å². The summed E-state index contributed by atoms with van der Waals surface area (Å²) in [6.45, 7) is 2.69. The monoisotopic (exact) mass is 434 g/mol. The third-order valence-corrected chi connectivity index (χ3v) is 8.35. The second-order valence-electron chi connectivity index (χ2n) is 10.3. The maximum absolute atomic E-state index is 6.42. The summed E-state index contributed by atoms with van der Waals surface area (Å²) in [5, 5.41) is 3.95. The third kappa shape index (κ3) is 4.37. The quantitative estimate of drug-likeness (QED) is 0.608. The number of methoxy groups -OCH3 is 1. The van der Waals surface area contributed by atoms with Crippen LogP contribution in [-0.4, -0.2) is 37.5 Å². The Hall–Kier alpha value is -1.75. The van der Waals surface area contributed by atoms with Crippen LogP contribution in [0.4, 0.5) is 0 Å². The number of fused-ring (bicyclic) bond motifs is 1. The summed E-state index contributed by atoms with van der Waals surface area (Å²) in [6, 6.07) is 15.8. The van der Waals surface area contributed by atoms with Crippen molar-refractivity contribution in [3.8, 4) is 0 Å². The Morgan fingerprint density at radius 2 is 1.84 bits per heavy atom. The van der Waals surface area contributed by atoms with E-state index in [-0.39, 0.29) is 11.0 Å². The summed E-state index contributed by atoms with van der Waals surface area (Å²) in [6.07, 6.45) is 12.7. The van der Waals surface area contributed by atoms with E-state index in [0.29, 0.717) is 12.0 Å². The Labute approximate surface area is 193 Å². The molecule has 3 aliphatic rings. The summed E-state index contributed by atoms with van der Waals surface area (Å²) in [5.41, 5.74) is 4.39. The van der Waals surface area contributed by atoms with Gasteiger partial charge in [0.15, 0.2) is 0 Å². The van der Waals surface area contributed by atoms with Gasteiger partial charge in [-0.2, -0.15) is 0 Å². The molecule has 3 atom stereocenters. The number of nitrogens with one attached hydrogen (secondary N) is 1. The number of hydrogen-bond acceptors (Lipinski definition) is 4. The molecular formula is C28H38N2O2. The smallest absolute Gasteiger partial charge is 0.0691 e. The van der Waals surface area contributed by atoms with Gasteiger partial charge >= 0.3 is 0 Å². The Balaban J connectivity index is 1.32. The highest BCUT2D eigenvalue weighted by Crippen LogP contribution is 2.49. The topological polar surface area (TPSA) is 43.4 Å². The minimum atomic E-state index is 0.0839. The first kappa shape index (κ1) is 22.1. The molecule has 1 aliphatic heterocycles. The van der Waals surface area contributed by atoms with E-state index in [4.69, 9.17) is 14.5 Å². The molecule has 2 aromatic rings. The van der Waals surface area contributed by atoms with E-state index in [0.717, 1.165) is 39.0 Å². The first-order valence-electron chi connectivity index (χ1n) is 12.6. The maximum Gasteiger partial charge on any atom is 0.0691 e. The van der Waals surface area contributed by atoms with Crippen molar-refractivity contribution in [2.45, 2.75) is 80.8 Å². The molecule has 1 aromatic carbocycles. The standard InChI is InChI=1S/C28H38N2O2/c1-31-20-22-11-12-25(24-9-3-2-8-23(22)24)29-18-15-27(26-10-4-7-17-30-26)16-19-32-28(21-27)13-5-6-14-28/h2-4,7-10,17,22,25,29H,5-6,11-16,18-21H2,1H3/t22-,25?,27+/m0/s1. The van der Waals surface area contributed by atoms with Crippen LogP contribution in [-0.2, 0) is 14.9 Å². The van der Waals surface area contributed by atoms with Crippen LogP contribution in [0.1, 0.15) is 86.6 Å². The average Bonchev–Trinajstić information content (AvgIpc) is 3.28. The summed E-state index contributed by atoms with van der Waals surface area (Å²) in [7, 11) is 1.81. The molecule has 1 N–H and O–H groups in total. The average molecular weight is 435 g/mol. The van der Waals surface area contributed by atoms with Crippen molar-refractivity contribution >= 4 is 0 Å². The highest BCUT2D eigenvalue weighted by molar-refractivity contribution is 5.35. The van der Waals surface area contributed by atoms with Crippen LogP contribution >= 0.6 is 0 Å². The van der Waals surface area contributed by atoms with Crippen molar-refractivity contribution in [1.29, 1.82) is 0 Å². The zero-order valence-corrected chi connectivity index (χ0v) is 19.5. The van der Waals surface area contributed by atoms with Gasteiger partial charge in [0.05, 0.1) is 12.2 Å². The number of rotatable bonds is 7. The molecule has 1 saturated carbocycles. The molecule has 2 heterocycles. The molecule has 1 spiro atoms. The van der Waals surface area contributed by atoms with Gasteiger partial charge in [-0.05, 0) is 74.8 Å². The normalized spacial score (nSPS) is 29.2. The maximum atomic E-state index is 6.42. The Morgan fingerprint density at radius 1 is 1.03 bits per heavy atom. The second-order valence-corrected chi connectivity index (χ2v) is 10.3. The fraction of sp³-hybridized carbons (Fsp3) is 0.607. The summed E-state index contributed by atoms with van der Waals surface area (Å²) >= 11 is 0. The Morgan fingerprint density at radius 3 is 2.62 bits per heavy atom. The first-order chi connectivity index (χ1) is 15.7. The third-order valence-electron chi connectivity index (χ3n) is 8.35. The lowest BCUT2D eigenvalue weighted by molar-refractivity contribution is -0.104. The van der Waals surface area contributed by atoms with Crippen molar-refractivity contribution in [3.05, 3.63) is 65.5 Å². The molecule has 0 amide bonds. The van der Waals surface area contributed by atoms with Gasteiger partial charge in [0, 0.05) is 43.0 Å². The van der Waals surface area contributed by atoms with E-state index >= 15 is 0 Å². The van der Waals surface area contributed by atoms with Gasteiger partial charge in [0.1, 0.15) is 0 Å². The van der Waals surface area contributed by atoms with Crippen LogP contribution in [0.5, 0.6) is 0 Å². The Bertz CT molecular complexity index is 880. The van der Waals surface area contributed by atoms with Gasteiger partial charge < -0.3 is 14.8 Å². The lowest BCUT2D eigenvalue weighted by atomic mass is 9.68. The largest absolute Gasteiger partial charge is 0.384 e. The van der Waals surface area contributed by atoms with Crippen LogP contribution < -0.4 is 5.32 Å². The van der Waals surface area contributed by atoms with Crippen LogP contribution in [0.2, 0.25) is 0 Å². The molecule has 2 aliphatic carbocycles. The van der Waals surface area contributed by atoms with E-state index < -0.39 is 0 Å². The van der Waals surface area contributed by atoms with Gasteiger partial charge in [0.2, 0.25) is 0 Å². The molecule has 2 fully saturated rings. The molecule has 1 aromatic heterocycles. The van der Waals surface area contributed by atoms with Crippen LogP contribution in [0.15, 0.2) is 48.7 Å². The van der Waals surface area contributed by atoms with Gasteiger partial charge in [-0.15, -0.1) is 0 Å². The van der Waals surface area contributed by atoms with Crippen molar-refractivity contribution in [1.82, 2.24) is 10.3 Å². The summed E-state index contributed by atoms with van der Waals surface area (Å²) < 4.78 is 11.9. The molecule has 1 saturated heterocycles. The number of ether oxygens (including phenoxy) is 2. The molecule has 5 rings (SSSR count). The lowest BCUT2D eigenvalue weighted by Gasteiger charge is -2.46. The lowest BCUT2D eigenvalue weighted by Crippen LogP contribution is -2.47. The molecule has 32 heavy (non-hydrogen) atoms. The van der Waals surface area contributed by atoms with Gasteiger partial charge in [-0.1, -0.05) is 43.2 Å². The molecule has 0 radical (unpaired) electrons. The van der Waals surface area contributed by atoms with E-state index in [9.17, 15) is 0 Å². The minimum Gasteiger partial charge on any atom is -0.384 e. The first-order valence-corrected chi connectivity index (χ1v) is 12.6. The summed E-state index contributed by atoms with van der Waals surface area (Å²) in [4.78, 5) is 4.86. The highest BCUT2D eigenvalue weighted by Gasteiger charge is 2.48. The predicted molar refractivity (Wildman–Crippen MR) is 128 cm³/mol. The number of pyridine rings is 1. The Kier molecular flexibility index (Phi) is 6.64. The fourth-order valence-corrected chi connectivity index (χ4v) is 6.75. The number of nitrogens with zero attached hydrogens (tertiary/aromatic N) is 1. The molecule has 172 valence electrons. The van der Waals surface area contributed by atoms with E-state index in [1.54, 1.807) is 0 Å². The van der Waals surface area contributed by atoms with E-state index in [1.807, 2.05) is 19.4 Å². The molecule has 0 bridgehead atoms. The van der Waals surface area contributed by atoms with Crippen LogP contribution in [0.25, 0.3) is 0 Å². The zero-order chi connectivity index (χ0) is 21.9. The number of benzene rings is 1. The molecular weight excluding hydrogens is 396 g/mol. The van der Waals surface area contributed by atoms with E-state index in [2.05, 4.69) is 41.7 Å². The van der Waals surface area contributed by atoms with Crippen molar-refractivity contribution < 1.29 is 9.47 Å². The van der Waals surface area contributed by atoms with Gasteiger partial charge in [-0.25, -0.2) is 0 Å². The fourth-order valence-electron chi connectivity index (χ4n) is 6.75. The minimum absolute atomic E-state index is 0.0839. The second kappa shape index (κ2) is 9.62. The summed E-state index contributed by atoms with van der Waals surface area (Å²) in [5.74, 6) is 0.520. The van der Waals surface area contributed by atoms with Gasteiger partial charge in [0.25, 0.3) is 0 Å². The SMILES string of the molecule is COC[C@@H]1CCC(NCC[C@@]2(c3ccccn3)CCOC3(CCCC3)C2)c2ccccc21. The predicted octanol–water partition coefficient (Wildman–Crippen LogP) is 5.69. The van der Waals surface area contributed by atoms with Crippen LogP contribution in [0.3, 0.4) is 0 Å². The number of aromatic nitrogens is 1. The molecule has 4 nitrogen and oxygen atoms in total. The van der Waals surface area contributed by atoms with Crippen molar-refractivity contribution in [2.75, 3.05) is 26.9 Å². The van der Waals surface area contributed by atoms with Gasteiger partial charge in [-0.3, -0.25) is 4.98 Å². The van der Waals surface area contributed by atoms with Crippen molar-refractivity contribution in [3.63, 3.8) is 0 Å². The zero-order valence-electron chi connectivity index (χ0n) is 19.5. The molecule has 1 unspecified atom stereocenters. The highest BCUT2D eigenvalue weighted by atomic mass is 16.5. The molecule has 4 heteroatoms. The number of hydrogen-bond donors (Lipinski definition) is 1.